The standard InChI is InChI=1S/C14H16ClN3S/c15-10-1-5-13(6-2-10)19-9-14-17-8-12(18-14)7-16-11-3-4-11/h1-2,5-6,8,11,16H,3-4,7,9H2,(H,17,18). The molecule has 1 fully saturated rings. The summed E-state index contributed by atoms with van der Waals surface area (Å²) in [5.74, 6) is 1.87. The predicted octanol–water partition coefficient (Wildman–Crippen LogP) is 3.61. The lowest BCUT2D eigenvalue weighted by molar-refractivity contribution is 0.676. The summed E-state index contributed by atoms with van der Waals surface area (Å²) in [6, 6.07) is 8.63. The van der Waals surface area contributed by atoms with Crippen molar-refractivity contribution in [1.29, 1.82) is 0 Å². The molecule has 100 valence electrons. The summed E-state index contributed by atoms with van der Waals surface area (Å²) < 4.78 is 0. The van der Waals surface area contributed by atoms with Crippen molar-refractivity contribution in [3.8, 4) is 0 Å². The molecule has 0 spiro atoms. The first-order chi connectivity index (χ1) is 9.29. The van der Waals surface area contributed by atoms with Crippen molar-refractivity contribution in [3.63, 3.8) is 0 Å². The van der Waals surface area contributed by atoms with Gasteiger partial charge in [-0.15, -0.1) is 11.8 Å². The van der Waals surface area contributed by atoms with E-state index in [1.54, 1.807) is 11.8 Å². The predicted molar refractivity (Wildman–Crippen MR) is 79.5 cm³/mol. The van der Waals surface area contributed by atoms with Crippen LogP contribution in [0.15, 0.2) is 35.4 Å². The Kier molecular flexibility index (Phi) is 4.11. The monoisotopic (exact) mass is 293 g/mol. The van der Waals surface area contributed by atoms with Crippen LogP contribution in [-0.4, -0.2) is 16.0 Å². The number of aromatic amines is 1. The Bertz CT molecular complexity index is 534. The van der Waals surface area contributed by atoms with Crippen LogP contribution in [0, 0.1) is 0 Å². The molecule has 1 aliphatic rings. The third-order valence-corrected chi connectivity index (χ3v) is 4.30. The number of rotatable bonds is 6. The van der Waals surface area contributed by atoms with Crippen LogP contribution in [0.2, 0.25) is 5.02 Å². The maximum absolute atomic E-state index is 5.86. The summed E-state index contributed by atoms with van der Waals surface area (Å²) in [6.07, 6.45) is 4.55. The molecule has 0 atom stereocenters. The molecule has 19 heavy (non-hydrogen) atoms. The summed E-state index contributed by atoms with van der Waals surface area (Å²) in [5, 5.41) is 4.25. The van der Waals surface area contributed by atoms with Gasteiger partial charge in [-0.05, 0) is 37.1 Å². The molecule has 1 aliphatic carbocycles. The Morgan fingerprint density at radius 2 is 2.11 bits per heavy atom. The number of imidazole rings is 1. The van der Waals surface area contributed by atoms with Crippen LogP contribution in [0.5, 0.6) is 0 Å². The maximum Gasteiger partial charge on any atom is 0.116 e. The Morgan fingerprint density at radius 3 is 2.84 bits per heavy atom. The summed E-state index contributed by atoms with van der Waals surface area (Å²) in [5.41, 5.74) is 1.17. The van der Waals surface area contributed by atoms with E-state index in [4.69, 9.17) is 11.6 Å². The van der Waals surface area contributed by atoms with E-state index in [1.807, 2.05) is 30.5 Å². The number of aromatic nitrogens is 2. The molecule has 0 radical (unpaired) electrons. The molecule has 1 heterocycles. The number of nitrogens with zero attached hydrogens (tertiary/aromatic N) is 1. The van der Waals surface area contributed by atoms with Gasteiger partial charge in [-0.2, -0.15) is 0 Å². The number of hydrogen-bond acceptors (Lipinski definition) is 3. The molecule has 2 N–H and O–H groups in total. The molecule has 0 unspecified atom stereocenters. The highest BCUT2D eigenvalue weighted by atomic mass is 35.5. The fourth-order valence-corrected chi connectivity index (χ4v) is 2.70. The molecule has 0 saturated heterocycles. The molecular weight excluding hydrogens is 278 g/mol. The molecular formula is C14H16ClN3S. The number of benzene rings is 1. The Labute approximate surface area is 122 Å². The lowest BCUT2D eigenvalue weighted by Gasteiger charge is -2.00. The van der Waals surface area contributed by atoms with Crippen LogP contribution in [0.1, 0.15) is 24.4 Å². The normalized spacial score (nSPS) is 14.8. The topological polar surface area (TPSA) is 40.7 Å². The minimum Gasteiger partial charge on any atom is -0.344 e. The maximum atomic E-state index is 5.86. The second-order valence-electron chi connectivity index (χ2n) is 4.75. The second kappa shape index (κ2) is 5.99. The van der Waals surface area contributed by atoms with Crippen molar-refractivity contribution in [2.75, 3.05) is 0 Å². The molecule has 1 aromatic carbocycles. The molecule has 0 amide bonds. The summed E-state index contributed by atoms with van der Waals surface area (Å²) >= 11 is 7.62. The lowest BCUT2D eigenvalue weighted by Crippen LogP contribution is -2.15. The highest BCUT2D eigenvalue weighted by molar-refractivity contribution is 7.98. The number of thioether (sulfide) groups is 1. The van der Waals surface area contributed by atoms with Gasteiger partial charge in [0.1, 0.15) is 5.82 Å². The largest absolute Gasteiger partial charge is 0.344 e. The van der Waals surface area contributed by atoms with Gasteiger partial charge >= 0.3 is 0 Å². The van der Waals surface area contributed by atoms with Crippen molar-refractivity contribution >= 4 is 23.4 Å². The van der Waals surface area contributed by atoms with E-state index in [9.17, 15) is 0 Å². The van der Waals surface area contributed by atoms with Crippen molar-refractivity contribution < 1.29 is 0 Å². The SMILES string of the molecule is Clc1ccc(SCc2ncc(CNC3CC3)[nH]2)cc1. The Morgan fingerprint density at radius 1 is 1.32 bits per heavy atom. The Hall–Kier alpha value is -0.970. The summed E-state index contributed by atoms with van der Waals surface area (Å²) in [6.45, 7) is 0.892. The van der Waals surface area contributed by atoms with Crippen LogP contribution in [-0.2, 0) is 12.3 Å². The van der Waals surface area contributed by atoms with Gasteiger partial charge in [-0.1, -0.05) is 11.6 Å². The molecule has 0 bridgehead atoms. The number of halogens is 1. The van der Waals surface area contributed by atoms with E-state index >= 15 is 0 Å². The first kappa shape index (κ1) is 13.0. The van der Waals surface area contributed by atoms with Crippen LogP contribution >= 0.6 is 23.4 Å². The van der Waals surface area contributed by atoms with E-state index in [-0.39, 0.29) is 0 Å². The van der Waals surface area contributed by atoms with Gasteiger partial charge in [0.2, 0.25) is 0 Å². The van der Waals surface area contributed by atoms with E-state index in [2.05, 4.69) is 15.3 Å². The summed E-state index contributed by atoms with van der Waals surface area (Å²) in [4.78, 5) is 8.97. The van der Waals surface area contributed by atoms with Gasteiger partial charge in [0, 0.05) is 34.4 Å². The molecule has 3 rings (SSSR count). The van der Waals surface area contributed by atoms with Crippen LogP contribution in [0.4, 0.5) is 0 Å². The van der Waals surface area contributed by atoms with Gasteiger partial charge in [-0.3, -0.25) is 0 Å². The molecule has 1 aromatic heterocycles. The van der Waals surface area contributed by atoms with Crippen molar-refractivity contribution in [1.82, 2.24) is 15.3 Å². The van der Waals surface area contributed by atoms with Gasteiger partial charge in [0.25, 0.3) is 0 Å². The fraction of sp³-hybridized carbons (Fsp3) is 0.357. The van der Waals surface area contributed by atoms with Crippen molar-refractivity contribution in [2.45, 2.75) is 36.1 Å². The van der Waals surface area contributed by atoms with Crippen molar-refractivity contribution in [2.24, 2.45) is 0 Å². The van der Waals surface area contributed by atoms with Gasteiger partial charge in [0.05, 0.1) is 5.75 Å². The van der Waals surface area contributed by atoms with E-state index in [1.165, 1.54) is 23.4 Å². The molecule has 1 saturated carbocycles. The molecule has 2 aromatic rings. The third-order valence-electron chi connectivity index (χ3n) is 3.03. The average Bonchev–Trinajstić information content (AvgIpc) is 3.15. The van der Waals surface area contributed by atoms with E-state index in [0.29, 0.717) is 0 Å². The lowest BCUT2D eigenvalue weighted by atomic mass is 10.4. The van der Waals surface area contributed by atoms with Crippen LogP contribution in [0.25, 0.3) is 0 Å². The first-order valence-electron chi connectivity index (χ1n) is 6.44. The smallest absolute Gasteiger partial charge is 0.116 e. The zero-order valence-electron chi connectivity index (χ0n) is 10.5. The second-order valence-corrected chi connectivity index (χ2v) is 6.24. The molecule has 0 aliphatic heterocycles. The van der Waals surface area contributed by atoms with Crippen LogP contribution in [0.3, 0.4) is 0 Å². The van der Waals surface area contributed by atoms with Gasteiger partial charge in [0.15, 0.2) is 0 Å². The minimum absolute atomic E-state index is 0.732. The number of hydrogen-bond donors (Lipinski definition) is 2. The number of H-pyrrole nitrogens is 1. The summed E-state index contributed by atoms with van der Waals surface area (Å²) in [7, 11) is 0. The van der Waals surface area contributed by atoms with Crippen molar-refractivity contribution in [3.05, 3.63) is 47.0 Å². The number of nitrogens with one attached hydrogen (secondary N) is 2. The molecule has 5 heteroatoms. The average molecular weight is 294 g/mol. The van der Waals surface area contributed by atoms with Gasteiger partial charge in [-0.25, -0.2) is 4.98 Å². The van der Waals surface area contributed by atoms with Crippen LogP contribution < -0.4 is 5.32 Å². The van der Waals surface area contributed by atoms with E-state index < -0.39 is 0 Å². The quantitative estimate of drug-likeness (QED) is 0.800. The zero-order chi connectivity index (χ0) is 13.1. The first-order valence-corrected chi connectivity index (χ1v) is 7.80. The highest BCUT2D eigenvalue weighted by Crippen LogP contribution is 2.23. The highest BCUT2D eigenvalue weighted by Gasteiger charge is 2.20. The third kappa shape index (κ3) is 4.00. The van der Waals surface area contributed by atoms with E-state index in [0.717, 1.165) is 29.2 Å². The Balaban J connectivity index is 1.50. The zero-order valence-corrected chi connectivity index (χ0v) is 12.1. The molecule has 3 nitrogen and oxygen atoms in total. The minimum atomic E-state index is 0.732. The fourth-order valence-electron chi connectivity index (χ4n) is 1.79. The van der Waals surface area contributed by atoms with Gasteiger partial charge < -0.3 is 10.3 Å².